The number of carbonyl (C=O) groups is 2. The summed E-state index contributed by atoms with van der Waals surface area (Å²) in [6.07, 6.45) is 1.46. The minimum absolute atomic E-state index is 0.0240. The first-order valence-corrected chi connectivity index (χ1v) is 8.21. The number of amides is 2. The molecule has 0 aliphatic heterocycles. The number of nitrogens with one attached hydrogen (secondary N) is 2. The molecule has 2 aromatic rings. The van der Waals surface area contributed by atoms with Gasteiger partial charge in [0.2, 0.25) is 5.91 Å². The second-order valence-corrected chi connectivity index (χ2v) is 6.53. The van der Waals surface area contributed by atoms with E-state index in [2.05, 4.69) is 10.6 Å². The molecule has 2 atom stereocenters. The second kappa shape index (κ2) is 7.98. The number of furan rings is 1. The molecule has 2 unspecified atom stereocenters. The fourth-order valence-corrected chi connectivity index (χ4v) is 2.39. The highest BCUT2D eigenvalue weighted by molar-refractivity contribution is 5.97. The van der Waals surface area contributed by atoms with Gasteiger partial charge in [-0.15, -0.1) is 0 Å². The summed E-state index contributed by atoms with van der Waals surface area (Å²) < 4.78 is 5.19. The Hall–Kier alpha value is -2.60. The lowest BCUT2D eigenvalue weighted by Gasteiger charge is -2.25. The molecule has 6 heteroatoms. The molecule has 1 aromatic carbocycles. The zero-order valence-electron chi connectivity index (χ0n) is 14.7. The Balaban J connectivity index is 2.00. The topological polar surface area (TPSA) is 91.6 Å². The first-order valence-electron chi connectivity index (χ1n) is 8.21. The van der Waals surface area contributed by atoms with Crippen molar-refractivity contribution in [3.63, 3.8) is 0 Å². The third-order valence-corrected chi connectivity index (χ3v) is 3.93. The minimum atomic E-state index is -1.33. The molecule has 2 rings (SSSR count). The number of hydrogen-bond donors (Lipinski definition) is 3. The average molecular weight is 344 g/mol. The predicted octanol–water partition coefficient (Wildman–Crippen LogP) is 2.06. The van der Waals surface area contributed by atoms with Crippen LogP contribution in [0.25, 0.3) is 0 Å². The van der Waals surface area contributed by atoms with Gasteiger partial charge in [0.15, 0.2) is 0 Å². The van der Waals surface area contributed by atoms with Gasteiger partial charge >= 0.3 is 0 Å². The lowest BCUT2D eigenvalue weighted by Crippen LogP contribution is -2.52. The Kier molecular flexibility index (Phi) is 5.98. The van der Waals surface area contributed by atoms with Gasteiger partial charge in [-0.1, -0.05) is 32.0 Å². The van der Waals surface area contributed by atoms with Crippen LogP contribution in [0.4, 0.5) is 0 Å². The van der Waals surface area contributed by atoms with Crippen LogP contribution in [0.5, 0.6) is 0 Å². The predicted molar refractivity (Wildman–Crippen MR) is 93.8 cm³/mol. The summed E-state index contributed by atoms with van der Waals surface area (Å²) in [6, 6.07) is 11.3. The molecule has 2 amide bonds. The Bertz CT molecular complexity index is 693. The zero-order valence-corrected chi connectivity index (χ0v) is 14.7. The van der Waals surface area contributed by atoms with Crippen LogP contribution in [0, 0.1) is 5.92 Å². The van der Waals surface area contributed by atoms with E-state index < -0.39 is 11.6 Å². The molecule has 6 nitrogen and oxygen atoms in total. The van der Waals surface area contributed by atoms with Gasteiger partial charge in [0.05, 0.1) is 12.8 Å². The summed E-state index contributed by atoms with van der Waals surface area (Å²) >= 11 is 0. The van der Waals surface area contributed by atoms with Crippen molar-refractivity contribution in [2.75, 3.05) is 6.54 Å². The van der Waals surface area contributed by atoms with Gasteiger partial charge in [-0.2, -0.15) is 0 Å². The van der Waals surface area contributed by atoms with Crippen molar-refractivity contribution in [1.29, 1.82) is 0 Å². The Morgan fingerprint density at radius 2 is 1.84 bits per heavy atom. The third-order valence-electron chi connectivity index (χ3n) is 3.93. The van der Waals surface area contributed by atoms with Crippen molar-refractivity contribution in [1.82, 2.24) is 10.6 Å². The van der Waals surface area contributed by atoms with Crippen molar-refractivity contribution in [3.05, 3.63) is 60.1 Å². The normalized spacial score (nSPS) is 14.6. The molecule has 0 saturated carbocycles. The van der Waals surface area contributed by atoms with Crippen LogP contribution in [0.1, 0.15) is 36.9 Å². The Morgan fingerprint density at radius 1 is 1.16 bits per heavy atom. The molecule has 0 aliphatic rings. The number of hydrogen-bond acceptors (Lipinski definition) is 4. The van der Waals surface area contributed by atoms with E-state index in [4.69, 9.17) is 4.42 Å². The van der Waals surface area contributed by atoms with E-state index in [0.717, 1.165) is 0 Å². The highest BCUT2D eigenvalue weighted by Crippen LogP contribution is 2.20. The summed E-state index contributed by atoms with van der Waals surface area (Å²) in [7, 11) is 0. The summed E-state index contributed by atoms with van der Waals surface area (Å²) in [6.45, 7) is 5.23. The third kappa shape index (κ3) is 4.93. The number of benzene rings is 1. The molecule has 1 aromatic heterocycles. The van der Waals surface area contributed by atoms with E-state index in [1.54, 1.807) is 43.3 Å². The first-order chi connectivity index (χ1) is 11.8. The lowest BCUT2D eigenvalue weighted by atomic mass is 10.0. The van der Waals surface area contributed by atoms with Crippen LogP contribution < -0.4 is 10.6 Å². The molecule has 0 bridgehead atoms. The van der Waals surface area contributed by atoms with Crippen LogP contribution in [-0.4, -0.2) is 29.5 Å². The van der Waals surface area contributed by atoms with Gasteiger partial charge in [0.1, 0.15) is 17.4 Å². The fraction of sp³-hybridized carbons (Fsp3) is 0.368. The van der Waals surface area contributed by atoms with Gasteiger partial charge < -0.3 is 20.2 Å². The maximum atomic E-state index is 12.5. The quantitative estimate of drug-likeness (QED) is 0.717. The van der Waals surface area contributed by atoms with Crippen molar-refractivity contribution in [3.8, 4) is 0 Å². The summed E-state index contributed by atoms with van der Waals surface area (Å²) in [5.41, 5.74) is -0.840. The molecule has 1 heterocycles. The van der Waals surface area contributed by atoms with Gasteiger partial charge in [0.25, 0.3) is 5.91 Å². The molecular weight excluding hydrogens is 320 g/mol. The van der Waals surface area contributed by atoms with E-state index in [1.165, 1.54) is 6.26 Å². The fourth-order valence-electron chi connectivity index (χ4n) is 2.39. The zero-order chi connectivity index (χ0) is 18.4. The van der Waals surface area contributed by atoms with Crippen molar-refractivity contribution >= 4 is 11.8 Å². The van der Waals surface area contributed by atoms with Crippen LogP contribution in [-0.2, 0) is 10.4 Å². The van der Waals surface area contributed by atoms with E-state index in [0.29, 0.717) is 11.3 Å². The Morgan fingerprint density at radius 3 is 2.40 bits per heavy atom. The van der Waals surface area contributed by atoms with E-state index in [-0.39, 0.29) is 24.3 Å². The maximum absolute atomic E-state index is 12.5. The summed E-state index contributed by atoms with van der Waals surface area (Å²) in [4.78, 5) is 24.8. The monoisotopic (exact) mass is 344 g/mol. The van der Waals surface area contributed by atoms with Gasteiger partial charge in [0, 0.05) is 5.56 Å². The van der Waals surface area contributed by atoms with E-state index in [9.17, 15) is 14.7 Å². The van der Waals surface area contributed by atoms with E-state index in [1.807, 2.05) is 19.9 Å². The average Bonchev–Trinajstić information content (AvgIpc) is 3.13. The summed E-state index contributed by atoms with van der Waals surface area (Å²) in [5, 5.41) is 15.8. The smallest absolute Gasteiger partial charge is 0.251 e. The van der Waals surface area contributed by atoms with Gasteiger partial charge in [-0.3, -0.25) is 9.59 Å². The molecule has 134 valence electrons. The van der Waals surface area contributed by atoms with Crippen LogP contribution >= 0.6 is 0 Å². The van der Waals surface area contributed by atoms with Crippen LogP contribution in [0.2, 0.25) is 0 Å². The highest BCUT2D eigenvalue weighted by Gasteiger charge is 2.30. The minimum Gasteiger partial charge on any atom is -0.466 e. The van der Waals surface area contributed by atoms with Gasteiger partial charge in [-0.05, 0) is 37.1 Å². The van der Waals surface area contributed by atoms with Gasteiger partial charge in [-0.25, -0.2) is 0 Å². The SMILES string of the molecule is CC(C)C(NC(=O)c1ccccc1)C(=O)NCC(C)(O)c1ccco1. The molecule has 0 aliphatic carbocycles. The number of carbonyl (C=O) groups excluding carboxylic acids is 2. The number of aliphatic hydroxyl groups is 1. The number of rotatable bonds is 7. The molecule has 0 fully saturated rings. The largest absolute Gasteiger partial charge is 0.466 e. The maximum Gasteiger partial charge on any atom is 0.251 e. The molecule has 25 heavy (non-hydrogen) atoms. The molecule has 3 N–H and O–H groups in total. The summed E-state index contributed by atoms with van der Waals surface area (Å²) in [5.74, 6) is -0.415. The molecule has 0 radical (unpaired) electrons. The lowest BCUT2D eigenvalue weighted by molar-refractivity contribution is -0.125. The standard InChI is InChI=1S/C19H24N2O4/c1-13(2)16(21-17(22)14-8-5-4-6-9-14)18(23)20-12-19(3,24)15-10-7-11-25-15/h4-11,13,16,24H,12H2,1-3H3,(H,20,23)(H,21,22). The van der Waals surface area contributed by atoms with Crippen LogP contribution in [0.3, 0.4) is 0 Å². The van der Waals surface area contributed by atoms with E-state index >= 15 is 0 Å². The molecule has 0 saturated heterocycles. The van der Waals surface area contributed by atoms with Crippen molar-refractivity contribution < 1.29 is 19.1 Å². The van der Waals surface area contributed by atoms with Crippen molar-refractivity contribution in [2.24, 2.45) is 5.92 Å². The van der Waals surface area contributed by atoms with Crippen LogP contribution in [0.15, 0.2) is 53.1 Å². The second-order valence-electron chi connectivity index (χ2n) is 6.53. The molecule has 0 spiro atoms. The molecular formula is C19H24N2O4. The Labute approximate surface area is 147 Å². The highest BCUT2D eigenvalue weighted by atomic mass is 16.4. The van der Waals surface area contributed by atoms with Crippen molar-refractivity contribution in [2.45, 2.75) is 32.4 Å². The first kappa shape index (κ1) is 18.7.